The quantitative estimate of drug-likeness (QED) is 0.428. The molecule has 1 aromatic heterocycles. The van der Waals surface area contributed by atoms with Gasteiger partial charge < -0.3 is 14.6 Å². The molecule has 3 rings (SSSR count). The van der Waals surface area contributed by atoms with E-state index >= 15 is 0 Å². The molecule has 11 heteroatoms. The van der Waals surface area contributed by atoms with Gasteiger partial charge in [0.25, 0.3) is 0 Å². The average molecular weight is 474 g/mol. The molecule has 1 aliphatic heterocycles. The third-order valence-corrected chi connectivity index (χ3v) is 6.21. The molecular formula is C21H26F3N3O4S. The molecule has 0 bridgehead atoms. The highest BCUT2D eigenvalue weighted by Gasteiger charge is 2.36. The molecule has 1 fully saturated rings. The molecule has 1 atom stereocenters. The highest BCUT2D eigenvalue weighted by atomic mass is 32.1. The van der Waals surface area contributed by atoms with Crippen molar-refractivity contribution in [2.24, 2.45) is 0 Å². The lowest BCUT2D eigenvalue weighted by atomic mass is 10.1. The number of halogens is 3. The van der Waals surface area contributed by atoms with Crippen molar-refractivity contribution in [2.75, 3.05) is 19.9 Å². The number of carbonyl (C=O) groups is 1. The smallest absolute Gasteiger partial charge is 0.419 e. The van der Waals surface area contributed by atoms with E-state index in [0.29, 0.717) is 11.4 Å². The number of amides is 1. The minimum absolute atomic E-state index is 0.0855. The lowest BCUT2D eigenvalue weighted by Gasteiger charge is -2.16. The molecule has 1 N–H and O–H groups in total. The Kier molecular flexibility index (Phi) is 8.30. The molecule has 1 saturated heterocycles. The van der Waals surface area contributed by atoms with E-state index in [-0.39, 0.29) is 36.3 Å². The second-order valence-corrected chi connectivity index (χ2v) is 8.55. The first-order valence-electron chi connectivity index (χ1n) is 10.6. The van der Waals surface area contributed by atoms with E-state index < -0.39 is 23.9 Å². The molecule has 32 heavy (non-hydrogen) atoms. The maximum Gasteiger partial charge on any atom is 0.419 e. The molecule has 176 valence electrons. The Labute approximate surface area is 188 Å². The molecule has 1 amide bonds. The van der Waals surface area contributed by atoms with Crippen LogP contribution in [-0.2, 0) is 10.9 Å². The number of carboxylic acid groups (broad SMARTS) is 1. The fraction of sp³-hybridized carbons (Fsp3) is 0.571. The predicted octanol–water partition coefficient (Wildman–Crippen LogP) is 5.97. The number of rotatable bonds is 10. The van der Waals surface area contributed by atoms with E-state index in [1.54, 1.807) is 0 Å². The van der Waals surface area contributed by atoms with Crippen LogP contribution in [0.3, 0.4) is 0 Å². The van der Waals surface area contributed by atoms with Crippen LogP contribution in [0.2, 0.25) is 0 Å². The summed E-state index contributed by atoms with van der Waals surface area (Å²) in [5, 5.41) is 17.8. The normalized spacial score (nSPS) is 16.5. The van der Waals surface area contributed by atoms with Gasteiger partial charge in [-0.1, -0.05) is 50.4 Å². The average Bonchev–Trinajstić information content (AvgIpc) is 3.42. The fourth-order valence-electron chi connectivity index (χ4n) is 3.40. The third-order valence-electron chi connectivity index (χ3n) is 5.14. The van der Waals surface area contributed by atoms with Crippen molar-refractivity contribution in [3.05, 3.63) is 28.8 Å². The number of ether oxygens (including phenoxy) is 2. The van der Waals surface area contributed by atoms with Crippen molar-refractivity contribution >= 4 is 17.4 Å². The Morgan fingerprint density at radius 2 is 2.00 bits per heavy atom. The van der Waals surface area contributed by atoms with E-state index in [2.05, 4.69) is 17.1 Å². The minimum atomic E-state index is -4.58. The Balaban J connectivity index is 1.71. The summed E-state index contributed by atoms with van der Waals surface area (Å²) in [4.78, 5) is 12.4. The number of aromatic nitrogens is 2. The van der Waals surface area contributed by atoms with Crippen LogP contribution < -0.4 is 4.74 Å². The topological polar surface area (TPSA) is 84.8 Å². The summed E-state index contributed by atoms with van der Waals surface area (Å²) >= 11 is 1.05. The minimum Gasteiger partial charge on any atom is -0.493 e. The van der Waals surface area contributed by atoms with Crippen LogP contribution in [0.25, 0.3) is 10.6 Å². The van der Waals surface area contributed by atoms with Gasteiger partial charge in [0.05, 0.1) is 18.8 Å². The summed E-state index contributed by atoms with van der Waals surface area (Å²) in [5.74, 6) is -0.208. The SMILES string of the molecule is CCCCCCCCOc1ccc(-c2nnc(C3COCN3C(=O)O)s2)cc1C(F)(F)F. The summed E-state index contributed by atoms with van der Waals surface area (Å²) in [6.07, 6.45) is 0.357. The van der Waals surface area contributed by atoms with Gasteiger partial charge in [0.2, 0.25) is 0 Å². The highest BCUT2D eigenvalue weighted by molar-refractivity contribution is 7.14. The Bertz CT molecular complexity index is 907. The van der Waals surface area contributed by atoms with Crippen molar-refractivity contribution < 1.29 is 32.5 Å². The van der Waals surface area contributed by atoms with E-state index in [1.165, 1.54) is 12.1 Å². The Morgan fingerprint density at radius 3 is 2.72 bits per heavy atom. The van der Waals surface area contributed by atoms with Crippen LogP contribution in [0.5, 0.6) is 5.75 Å². The van der Waals surface area contributed by atoms with Crippen LogP contribution >= 0.6 is 11.3 Å². The Hall–Kier alpha value is -2.40. The molecule has 0 radical (unpaired) electrons. The molecule has 1 aliphatic rings. The van der Waals surface area contributed by atoms with Crippen molar-refractivity contribution in [3.8, 4) is 16.3 Å². The first-order valence-corrected chi connectivity index (χ1v) is 11.4. The number of benzene rings is 1. The summed E-state index contributed by atoms with van der Waals surface area (Å²) in [6.45, 7) is 2.39. The largest absolute Gasteiger partial charge is 0.493 e. The Morgan fingerprint density at radius 1 is 1.25 bits per heavy atom. The fourth-order valence-corrected chi connectivity index (χ4v) is 4.33. The van der Waals surface area contributed by atoms with Gasteiger partial charge in [-0.3, -0.25) is 4.90 Å². The molecule has 2 heterocycles. The van der Waals surface area contributed by atoms with Gasteiger partial charge in [-0.25, -0.2) is 4.79 Å². The first kappa shape index (κ1) is 24.2. The first-order chi connectivity index (χ1) is 15.3. The highest BCUT2D eigenvalue weighted by Crippen LogP contribution is 2.40. The summed E-state index contributed by atoms with van der Waals surface area (Å²) < 4.78 is 51.6. The zero-order chi connectivity index (χ0) is 23.1. The lowest BCUT2D eigenvalue weighted by molar-refractivity contribution is -0.138. The number of unbranched alkanes of at least 4 members (excludes halogenated alkanes) is 5. The van der Waals surface area contributed by atoms with Crippen LogP contribution in [-0.4, -0.2) is 46.2 Å². The second kappa shape index (κ2) is 11.0. The zero-order valence-electron chi connectivity index (χ0n) is 17.7. The van der Waals surface area contributed by atoms with Gasteiger partial charge in [0.15, 0.2) is 0 Å². The molecule has 0 spiro atoms. The van der Waals surface area contributed by atoms with Crippen molar-refractivity contribution in [2.45, 2.75) is 57.7 Å². The number of hydrogen-bond donors (Lipinski definition) is 1. The number of hydrogen-bond acceptors (Lipinski definition) is 6. The van der Waals surface area contributed by atoms with Crippen molar-refractivity contribution in [1.82, 2.24) is 15.1 Å². The van der Waals surface area contributed by atoms with Crippen molar-refractivity contribution in [1.29, 1.82) is 0 Å². The van der Waals surface area contributed by atoms with Gasteiger partial charge in [0.1, 0.15) is 28.5 Å². The van der Waals surface area contributed by atoms with Gasteiger partial charge in [-0.2, -0.15) is 13.2 Å². The third kappa shape index (κ3) is 6.10. The maximum atomic E-state index is 13.6. The zero-order valence-corrected chi connectivity index (χ0v) is 18.5. The van der Waals surface area contributed by atoms with Crippen molar-refractivity contribution in [3.63, 3.8) is 0 Å². The van der Waals surface area contributed by atoms with E-state index in [4.69, 9.17) is 9.47 Å². The van der Waals surface area contributed by atoms with E-state index in [9.17, 15) is 23.1 Å². The van der Waals surface area contributed by atoms with Gasteiger partial charge in [0, 0.05) is 5.56 Å². The lowest BCUT2D eigenvalue weighted by Crippen LogP contribution is -2.29. The predicted molar refractivity (Wildman–Crippen MR) is 113 cm³/mol. The van der Waals surface area contributed by atoms with Crippen LogP contribution in [0.15, 0.2) is 18.2 Å². The second-order valence-electron chi connectivity index (χ2n) is 7.54. The standard InChI is InChI=1S/C21H26F3N3O4S/c1-2-3-4-5-6-7-10-31-17-9-8-14(11-15(17)21(22,23)24)18-25-26-19(32-18)16-12-30-13-27(16)20(28)29/h8-9,11,16H,2-7,10,12-13H2,1H3,(H,28,29). The van der Waals surface area contributed by atoms with Gasteiger partial charge >= 0.3 is 12.3 Å². The number of nitrogens with zero attached hydrogens (tertiary/aromatic N) is 3. The summed E-state index contributed by atoms with van der Waals surface area (Å²) in [5.41, 5.74) is -0.622. The summed E-state index contributed by atoms with van der Waals surface area (Å²) in [6, 6.07) is 3.19. The maximum absolute atomic E-state index is 13.6. The van der Waals surface area contributed by atoms with Gasteiger partial charge in [-0.15, -0.1) is 10.2 Å². The molecule has 7 nitrogen and oxygen atoms in total. The van der Waals surface area contributed by atoms with Crippen LogP contribution in [0, 0.1) is 0 Å². The number of alkyl halides is 3. The molecule has 0 saturated carbocycles. The van der Waals surface area contributed by atoms with E-state index in [0.717, 1.165) is 54.4 Å². The van der Waals surface area contributed by atoms with E-state index in [1.807, 2.05) is 0 Å². The molecule has 1 unspecified atom stereocenters. The van der Waals surface area contributed by atoms with Crippen LogP contribution in [0.4, 0.5) is 18.0 Å². The molecular weight excluding hydrogens is 447 g/mol. The summed E-state index contributed by atoms with van der Waals surface area (Å²) in [7, 11) is 0. The molecule has 1 aromatic carbocycles. The van der Waals surface area contributed by atoms with Crippen LogP contribution in [0.1, 0.15) is 62.1 Å². The monoisotopic (exact) mass is 473 g/mol. The van der Waals surface area contributed by atoms with Gasteiger partial charge in [-0.05, 0) is 24.6 Å². The molecule has 2 aromatic rings. The molecule has 0 aliphatic carbocycles.